The van der Waals surface area contributed by atoms with Gasteiger partial charge in [-0.15, -0.1) is 0 Å². The maximum atomic E-state index is 13.1. The minimum atomic E-state index is -0.473. The highest BCUT2D eigenvalue weighted by Gasteiger charge is 2.18. The third-order valence-corrected chi connectivity index (χ3v) is 2.47. The lowest BCUT2D eigenvalue weighted by atomic mass is 10.2. The lowest BCUT2D eigenvalue weighted by Crippen LogP contribution is -2.30. The molecule has 0 saturated heterocycles. The van der Waals surface area contributed by atoms with Gasteiger partial charge in [0.15, 0.2) is 0 Å². The summed E-state index contributed by atoms with van der Waals surface area (Å²) >= 11 is 0. The Hall–Kier alpha value is -1.78. The first-order chi connectivity index (χ1) is 8.62. The Bertz CT molecular complexity index is 409. The first-order valence-corrected chi connectivity index (χ1v) is 5.89. The molecule has 0 aliphatic carbocycles. The van der Waals surface area contributed by atoms with E-state index in [9.17, 15) is 9.18 Å². The van der Waals surface area contributed by atoms with Crippen molar-refractivity contribution in [3.05, 3.63) is 24.0 Å². The van der Waals surface area contributed by atoms with Crippen molar-refractivity contribution >= 4 is 11.7 Å². The number of methoxy groups -OCH3 is 1. The topological polar surface area (TPSA) is 47.6 Å². The highest BCUT2D eigenvalue weighted by atomic mass is 19.1. The van der Waals surface area contributed by atoms with E-state index >= 15 is 0 Å². The molecule has 0 aliphatic rings. The summed E-state index contributed by atoms with van der Waals surface area (Å²) in [4.78, 5) is 11.5. The van der Waals surface area contributed by atoms with Crippen molar-refractivity contribution in [2.45, 2.75) is 26.3 Å². The third-order valence-electron chi connectivity index (χ3n) is 2.47. The number of nitrogens with one attached hydrogen (secondary N) is 1. The quantitative estimate of drug-likeness (QED) is 0.794. The fraction of sp³-hybridized carbons (Fsp3) is 0.462. The smallest absolute Gasteiger partial charge is 0.328 e. The number of halogens is 1. The van der Waals surface area contributed by atoms with Gasteiger partial charge in [-0.05, 0) is 25.5 Å². The van der Waals surface area contributed by atoms with Crippen molar-refractivity contribution in [1.82, 2.24) is 0 Å². The molecule has 0 aliphatic heterocycles. The van der Waals surface area contributed by atoms with Gasteiger partial charge in [0.05, 0.1) is 19.4 Å². The Kier molecular flexibility index (Phi) is 5.42. The zero-order chi connectivity index (χ0) is 13.5. The van der Waals surface area contributed by atoms with Crippen molar-refractivity contribution < 1.29 is 18.7 Å². The standard InChI is InChI=1S/C13H18FNO3/c1-4-10(13(16)17-3)15-11-7-6-9(14)8-12(11)18-5-2/h6-8,10,15H,4-5H2,1-3H3. The van der Waals surface area contributed by atoms with Crippen molar-refractivity contribution in [1.29, 1.82) is 0 Å². The highest BCUT2D eigenvalue weighted by molar-refractivity contribution is 5.79. The summed E-state index contributed by atoms with van der Waals surface area (Å²) in [7, 11) is 1.33. The molecule has 1 atom stereocenters. The van der Waals surface area contributed by atoms with Gasteiger partial charge in [-0.25, -0.2) is 9.18 Å². The van der Waals surface area contributed by atoms with E-state index < -0.39 is 6.04 Å². The van der Waals surface area contributed by atoms with Gasteiger partial charge in [0.25, 0.3) is 0 Å². The molecule has 0 heterocycles. The predicted octanol–water partition coefficient (Wildman–Crippen LogP) is 2.59. The average molecular weight is 255 g/mol. The molecular formula is C13H18FNO3. The fourth-order valence-corrected chi connectivity index (χ4v) is 1.55. The second kappa shape index (κ2) is 6.83. The van der Waals surface area contributed by atoms with Gasteiger partial charge in [-0.1, -0.05) is 6.92 Å². The van der Waals surface area contributed by atoms with Crippen molar-refractivity contribution in [2.24, 2.45) is 0 Å². The Balaban J connectivity index is 2.91. The van der Waals surface area contributed by atoms with Crippen LogP contribution >= 0.6 is 0 Å². The summed E-state index contributed by atoms with van der Waals surface area (Å²) in [6.07, 6.45) is 0.565. The number of rotatable bonds is 6. The van der Waals surface area contributed by atoms with Crippen LogP contribution in [0.1, 0.15) is 20.3 Å². The normalized spacial score (nSPS) is 11.8. The van der Waals surface area contributed by atoms with E-state index in [1.165, 1.54) is 19.2 Å². The van der Waals surface area contributed by atoms with Gasteiger partial charge in [0, 0.05) is 6.07 Å². The summed E-state index contributed by atoms with van der Waals surface area (Å²) in [5.41, 5.74) is 0.579. The fourth-order valence-electron chi connectivity index (χ4n) is 1.55. The molecule has 0 bridgehead atoms. The minimum Gasteiger partial charge on any atom is -0.492 e. The third kappa shape index (κ3) is 3.61. The van der Waals surface area contributed by atoms with Crippen molar-refractivity contribution in [3.8, 4) is 5.75 Å². The van der Waals surface area contributed by atoms with Crippen LogP contribution in [0.25, 0.3) is 0 Å². The number of esters is 1. The first kappa shape index (κ1) is 14.3. The highest BCUT2D eigenvalue weighted by Crippen LogP contribution is 2.26. The lowest BCUT2D eigenvalue weighted by Gasteiger charge is -2.18. The molecule has 1 aromatic carbocycles. The molecule has 1 N–H and O–H groups in total. The number of benzene rings is 1. The van der Waals surface area contributed by atoms with Gasteiger partial charge in [-0.3, -0.25) is 0 Å². The zero-order valence-corrected chi connectivity index (χ0v) is 10.8. The van der Waals surface area contributed by atoms with E-state index in [2.05, 4.69) is 10.1 Å². The predicted molar refractivity (Wildman–Crippen MR) is 67.3 cm³/mol. The molecule has 0 spiro atoms. The molecule has 0 saturated carbocycles. The van der Waals surface area contributed by atoms with Gasteiger partial charge in [0.2, 0.25) is 0 Å². The van der Waals surface area contributed by atoms with Crippen LogP contribution in [0.2, 0.25) is 0 Å². The van der Waals surface area contributed by atoms with Crippen LogP contribution in [0.15, 0.2) is 18.2 Å². The molecule has 1 aromatic rings. The molecule has 1 rings (SSSR count). The van der Waals surface area contributed by atoms with Crippen LogP contribution in [0.5, 0.6) is 5.75 Å². The Morgan fingerprint density at radius 3 is 2.72 bits per heavy atom. The number of carbonyl (C=O) groups is 1. The molecule has 100 valence electrons. The maximum Gasteiger partial charge on any atom is 0.328 e. The zero-order valence-electron chi connectivity index (χ0n) is 10.8. The van der Waals surface area contributed by atoms with Crippen LogP contribution in [-0.4, -0.2) is 25.7 Å². The second-order valence-corrected chi connectivity index (χ2v) is 3.70. The molecule has 5 heteroatoms. The van der Waals surface area contributed by atoms with E-state index in [-0.39, 0.29) is 11.8 Å². The molecule has 1 unspecified atom stereocenters. The Morgan fingerprint density at radius 1 is 1.44 bits per heavy atom. The van der Waals surface area contributed by atoms with E-state index in [1.807, 2.05) is 13.8 Å². The maximum absolute atomic E-state index is 13.1. The summed E-state index contributed by atoms with van der Waals surface area (Å²) in [5, 5.41) is 2.99. The second-order valence-electron chi connectivity index (χ2n) is 3.70. The van der Waals surface area contributed by atoms with E-state index in [4.69, 9.17) is 4.74 Å². The van der Waals surface area contributed by atoms with E-state index in [0.717, 1.165) is 0 Å². The number of carbonyl (C=O) groups excluding carboxylic acids is 1. The van der Waals surface area contributed by atoms with Crippen LogP contribution in [0, 0.1) is 5.82 Å². The van der Waals surface area contributed by atoms with Crippen molar-refractivity contribution in [3.63, 3.8) is 0 Å². The average Bonchev–Trinajstić information content (AvgIpc) is 2.37. The Morgan fingerprint density at radius 2 is 2.17 bits per heavy atom. The largest absolute Gasteiger partial charge is 0.492 e. The van der Waals surface area contributed by atoms with Crippen LogP contribution in [-0.2, 0) is 9.53 Å². The Labute approximate surface area is 106 Å². The molecule has 0 radical (unpaired) electrons. The molecule has 18 heavy (non-hydrogen) atoms. The van der Waals surface area contributed by atoms with Gasteiger partial charge >= 0.3 is 5.97 Å². The SMILES string of the molecule is CCOc1cc(F)ccc1NC(CC)C(=O)OC. The van der Waals surface area contributed by atoms with Crippen LogP contribution in [0.3, 0.4) is 0 Å². The molecule has 4 nitrogen and oxygen atoms in total. The van der Waals surface area contributed by atoms with Gasteiger partial charge in [-0.2, -0.15) is 0 Å². The van der Waals surface area contributed by atoms with E-state index in [0.29, 0.717) is 24.5 Å². The molecular weight excluding hydrogens is 237 g/mol. The van der Waals surface area contributed by atoms with Crippen LogP contribution < -0.4 is 10.1 Å². The summed E-state index contributed by atoms with van der Waals surface area (Å²) < 4.78 is 23.1. The number of anilines is 1. The first-order valence-electron chi connectivity index (χ1n) is 5.89. The summed E-state index contributed by atoms with van der Waals surface area (Å²) in [6, 6.07) is 3.68. The molecule has 0 aromatic heterocycles. The summed E-state index contributed by atoms with van der Waals surface area (Å²) in [5.74, 6) is -0.348. The summed E-state index contributed by atoms with van der Waals surface area (Å²) in [6.45, 7) is 4.10. The number of hydrogen-bond donors (Lipinski definition) is 1. The van der Waals surface area contributed by atoms with Gasteiger partial charge < -0.3 is 14.8 Å². The van der Waals surface area contributed by atoms with Gasteiger partial charge in [0.1, 0.15) is 17.6 Å². The minimum absolute atomic E-state index is 0.357. The number of hydrogen-bond acceptors (Lipinski definition) is 4. The van der Waals surface area contributed by atoms with E-state index in [1.54, 1.807) is 6.07 Å². The van der Waals surface area contributed by atoms with Crippen molar-refractivity contribution in [2.75, 3.05) is 19.0 Å². The molecule has 0 fully saturated rings. The van der Waals surface area contributed by atoms with Crippen LogP contribution in [0.4, 0.5) is 10.1 Å². The number of ether oxygens (including phenoxy) is 2. The lowest BCUT2D eigenvalue weighted by molar-refractivity contribution is -0.141. The monoisotopic (exact) mass is 255 g/mol. The molecule has 0 amide bonds.